The van der Waals surface area contributed by atoms with E-state index in [1.807, 2.05) is 20.2 Å². The summed E-state index contributed by atoms with van der Waals surface area (Å²) >= 11 is 0. The second kappa shape index (κ2) is 4.73. The molecule has 6 heteroatoms. The van der Waals surface area contributed by atoms with Crippen molar-refractivity contribution in [1.29, 1.82) is 0 Å². The molecule has 0 aliphatic carbocycles. The maximum Gasteiger partial charge on any atom is 0.271 e. The zero-order valence-corrected chi connectivity index (χ0v) is 9.66. The van der Waals surface area contributed by atoms with Crippen LogP contribution in [0.25, 0.3) is 0 Å². The molecule has 1 unspecified atom stereocenters. The van der Waals surface area contributed by atoms with Crippen molar-refractivity contribution in [1.82, 2.24) is 25.1 Å². The van der Waals surface area contributed by atoms with Gasteiger partial charge in [0.2, 0.25) is 0 Å². The molecule has 2 aromatic rings. The van der Waals surface area contributed by atoms with E-state index in [4.69, 9.17) is 0 Å². The first-order chi connectivity index (χ1) is 8.16. The maximum atomic E-state index is 11.8. The monoisotopic (exact) mass is 231 g/mol. The summed E-state index contributed by atoms with van der Waals surface area (Å²) in [5.74, 6) is -0.241. The predicted molar refractivity (Wildman–Crippen MR) is 61.1 cm³/mol. The van der Waals surface area contributed by atoms with Crippen LogP contribution in [0.5, 0.6) is 0 Å². The summed E-state index contributed by atoms with van der Waals surface area (Å²) in [7, 11) is 1.83. The Morgan fingerprint density at radius 2 is 2.24 bits per heavy atom. The standard InChI is InChI=1S/C11H13N5O/c1-8(9-5-14-16(2)7-9)15-11(17)10-6-12-3-4-13-10/h3-8H,1-2H3,(H,15,17). The van der Waals surface area contributed by atoms with Gasteiger partial charge in [0, 0.05) is 31.2 Å². The van der Waals surface area contributed by atoms with Gasteiger partial charge in [0.05, 0.1) is 18.4 Å². The van der Waals surface area contributed by atoms with Gasteiger partial charge in [0.1, 0.15) is 5.69 Å². The van der Waals surface area contributed by atoms with Crippen LogP contribution in [-0.4, -0.2) is 25.7 Å². The molecule has 2 heterocycles. The number of hydrogen-bond acceptors (Lipinski definition) is 4. The summed E-state index contributed by atoms with van der Waals surface area (Å²) in [5, 5.41) is 6.89. The van der Waals surface area contributed by atoms with Gasteiger partial charge in [0.15, 0.2) is 0 Å². The van der Waals surface area contributed by atoms with Crippen LogP contribution in [0, 0.1) is 0 Å². The lowest BCUT2D eigenvalue weighted by molar-refractivity contribution is 0.0934. The summed E-state index contributed by atoms with van der Waals surface area (Å²) < 4.78 is 1.69. The molecule has 0 saturated carbocycles. The highest BCUT2D eigenvalue weighted by Gasteiger charge is 2.13. The molecule has 1 amide bonds. The third-order valence-corrected chi connectivity index (χ3v) is 2.37. The average Bonchev–Trinajstić information content (AvgIpc) is 2.77. The number of carbonyl (C=O) groups excluding carboxylic acids is 1. The molecule has 17 heavy (non-hydrogen) atoms. The van der Waals surface area contributed by atoms with Crippen molar-refractivity contribution < 1.29 is 4.79 Å². The van der Waals surface area contributed by atoms with Crippen LogP contribution >= 0.6 is 0 Å². The van der Waals surface area contributed by atoms with Crippen molar-refractivity contribution in [2.75, 3.05) is 0 Å². The van der Waals surface area contributed by atoms with E-state index >= 15 is 0 Å². The first-order valence-corrected chi connectivity index (χ1v) is 5.22. The quantitative estimate of drug-likeness (QED) is 0.844. The first-order valence-electron chi connectivity index (χ1n) is 5.22. The lowest BCUT2D eigenvalue weighted by Crippen LogP contribution is -2.27. The van der Waals surface area contributed by atoms with Crippen LogP contribution in [0.3, 0.4) is 0 Å². The van der Waals surface area contributed by atoms with E-state index in [1.165, 1.54) is 18.6 Å². The molecule has 1 N–H and O–H groups in total. The largest absolute Gasteiger partial charge is 0.344 e. The highest BCUT2D eigenvalue weighted by Crippen LogP contribution is 2.10. The molecule has 1 atom stereocenters. The molecule has 0 aromatic carbocycles. The van der Waals surface area contributed by atoms with Crippen LogP contribution in [0.2, 0.25) is 0 Å². The molecular formula is C11H13N5O. The second-order valence-electron chi connectivity index (χ2n) is 3.73. The average molecular weight is 231 g/mol. The van der Waals surface area contributed by atoms with Crippen molar-refractivity contribution in [2.24, 2.45) is 7.05 Å². The van der Waals surface area contributed by atoms with E-state index in [1.54, 1.807) is 10.9 Å². The molecule has 2 aromatic heterocycles. The Bertz CT molecular complexity index is 508. The number of nitrogens with one attached hydrogen (secondary N) is 1. The highest BCUT2D eigenvalue weighted by molar-refractivity contribution is 5.92. The molecule has 0 radical (unpaired) electrons. The normalized spacial score (nSPS) is 12.1. The van der Waals surface area contributed by atoms with Crippen molar-refractivity contribution in [2.45, 2.75) is 13.0 Å². The molecule has 0 spiro atoms. The van der Waals surface area contributed by atoms with E-state index in [9.17, 15) is 4.79 Å². The fourth-order valence-electron chi connectivity index (χ4n) is 1.43. The van der Waals surface area contributed by atoms with Gasteiger partial charge < -0.3 is 5.32 Å². The third kappa shape index (κ3) is 2.66. The number of aryl methyl sites for hydroxylation is 1. The van der Waals surface area contributed by atoms with Crippen LogP contribution < -0.4 is 5.32 Å². The van der Waals surface area contributed by atoms with Crippen molar-refractivity contribution in [3.63, 3.8) is 0 Å². The zero-order valence-electron chi connectivity index (χ0n) is 9.66. The molecular weight excluding hydrogens is 218 g/mol. The van der Waals surface area contributed by atoms with Crippen LogP contribution in [0.15, 0.2) is 31.0 Å². The molecule has 6 nitrogen and oxygen atoms in total. The zero-order chi connectivity index (χ0) is 12.3. The van der Waals surface area contributed by atoms with E-state index in [0.29, 0.717) is 5.69 Å². The number of carbonyl (C=O) groups is 1. The number of nitrogens with zero attached hydrogens (tertiary/aromatic N) is 4. The van der Waals surface area contributed by atoms with Gasteiger partial charge in [-0.05, 0) is 6.92 Å². The number of rotatable bonds is 3. The fourth-order valence-corrected chi connectivity index (χ4v) is 1.43. The van der Waals surface area contributed by atoms with Crippen molar-refractivity contribution >= 4 is 5.91 Å². The lowest BCUT2D eigenvalue weighted by atomic mass is 10.2. The Morgan fingerprint density at radius 1 is 1.41 bits per heavy atom. The first kappa shape index (κ1) is 11.3. The Labute approximate surface area is 98.7 Å². The predicted octanol–water partition coefficient (Wildman–Crippen LogP) is 0.701. The van der Waals surface area contributed by atoms with E-state index < -0.39 is 0 Å². The van der Waals surface area contributed by atoms with Crippen LogP contribution in [0.4, 0.5) is 0 Å². The van der Waals surface area contributed by atoms with Gasteiger partial charge in [-0.1, -0.05) is 0 Å². The number of aromatic nitrogens is 4. The van der Waals surface area contributed by atoms with Crippen LogP contribution in [-0.2, 0) is 7.05 Å². The molecule has 2 rings (SSSR count). The third-order valence-electron chi connectivity index (χ3n) is 2.37. The van der Waals surface area contributed by atoms with Crippen molar-refractivity contribution in [3.05, 3.63) is 42.2 Å². The SMILES string of the molecule is CC(NC(=O)c1cnccn1)c1cnn(C)c1. The molecule has 0 aliphatic rings. The lowest BCUT2D eigenvalue weighted by Gasteiger charge is -2.11. The van der Waals surface area contributed by atoms with Gasteiger partial charge in [-0.2, -0.15) is 5.10 Å². The second-order valence-corrected chi connectivity index (χ2v) is 3.73. The number of hydrogen-bond donors (Lipinski definition) is 1. The smallest absolute Gasteiger partial charge is 0.271 e. The molecule has 0 bridgehead atoms. The summed E-state index contributed by atoms with van der Waals surface area (Å²) in [6.45, 7) is 1.89. The Balaban J connectivity index is 2.04. The molecule has 0 aliphatic heterocycles. The summed E-state index contributed by atoms with van der Waals surface area (Å²) in [6.07, 6.45) is 8.04. The van der Waals surface area contributed by atoms with E-state index in [-0.39, 0.29) is 11.9 Å². The van der Waals surface area contributed by atoms with Gasteiger partial charge in [0.25, 0.3) is 5.91 Å². The van der Waals surface area contributed by atoms with Gasteiger partial charge in [-0.25, -0.2) is 4.98 Å². The van der Waals surface area contributed by atoms with E-state index in [0.717, 1.165) is 5.56 Å². The van der Waals surface area contributed by atoms with Gasteiger partial charge in [-0.15, -0.1) is 0 Å². The number of amides is 1. The Morgan fingerprint density at radius 3 is 2.82 bits per heavy atom. The molecule has 0 fully saturated rings. The summed E-state index contributed by atoms with van der Waals surface area (Å²) in [6, 6.07) is -0.113. The summed E-state index contributed by atoms with van der Waals surface area (Å²) in [4.78, 5) is 19.6. The Hall–Kier alpha value is -2.24. The maximum absolute atomic E-state index is 11.8. The Kier molecular flexibility index (Phi) is 3.13. The topological polar surface area (TPSA) is 72.7 Å². The highest BCUT2D eigenvalue weighted by atomic mass is 16.1. The van der Waals surface area contributed by atoms with Crippen molar-refractivity contribution in [3.8, 4) is 0 Å². The molecule has 0 saturated heterocycles. The minimum absolute atomic E-state index is 0.113. The summed E-state index contributed by atoms with van der Waals surface area (Å²) in [5.41, 5.74) is 1.26. The van der Waals surface area contributed by atoms with Gasteiger partial charge >= 0.3 is 0 Å². The van der Waals surface area contributed by atoms with Gasteiger partial charge in [-0.3, -0.25) is 14.5 Å². The van der Waals surface area contributed by atoms with Crippen LogP contribution in [0.1, 0.15) is 29.0 Å². The minimum atomic E-state index is -0.241. The molecule has 88 valence electrons. The fraction of sp³-hybridized carbons (Fsp3) is 0.273. The minimum Gasteiger partial charge on any atom is -0.344 e. The van der Waals surface area contributed by atoms with E-state index in [2.05, 4.69) is 20.4 Å².